The fraction of sp³-hybridized carbons (Fsp3) is 0.0870. The fourth-order valence-electron chi connectivity index (χ4n) is 3.18. The second kappa shape index (κ2) is 7.89. The molecule has 4 aromatic rings. The number of aromatic nitrogens is 2. The third-order valence-corrected chi connectivity index (χ3v) is 4.88. The van der Waals surface area contributed by atoms with Gasteiger partial charge < -0.3 is 5.32 Å². The van der Waals surface area contributed by atoms with E-state index in [-0.39, 0.29) is 23.6 Å². The van der Waals surface area contributed by atoms with Crippen LogP contribution in [-0.4, -0.2) is 15.3 Å². The average molecular weight is 404 g/mol. The SMILES string of the molecule is Cc1nc2ccc(Cl)cn2c(=O)c1NC(=O)Cc1ccc(-c2ccccc2)cc1. The number of benzene rings is 2. The second-order valence-electron chi connectivity index (χ2n) is 6.74. The summed E-state index contributed by atoms with van der Waals surface area (Å²) < 4.78 is 1.33. The molecule has 2 aromatic carbocycles. The van der Waals surface area contributed by atoms with Gasteiger partial charge in [0.25, 0.3) is 5.56 Å². The van der Waals surface area contributed by atoms with Crippen molar-refractivity contribution in [3.63, 3.8) is 0 Å². The molecule has 0 spiro atoms. The number of halogens is 1. The predicted octanol–water partition coefficient (Wildman–Crippen LogP) is 4.50. The molecule has 0 unspecified atom stereocenters. The Hall–Kier alpha value is -3.44. The smallest absolute Gasteiger partial charge is 0.281 e. The average Bonchev–Trinajstić information content (AvgIpc) is 2.73. The molecule has 144 valence electrons. The number of rotatable bonds is 4. The quantitative estimate of drug-likeness (QED) is 0.545. The Balaban J connectivity index is 1.54. The first-order valence-electron chi connectivity index (χ1n) is 9.14. The predicted molar refractivity (Wildman–Crippen MR) is 115 cm³/mol. The van der Waals surface area contributed by atoms with Gasteiger partial charge in [-0.25, -0.2) is 4.98 Å². The first kappa shape index (κ1) is 18.9. The van der Waals surface area contributed by atoms with Crippen LogP contribution in [0.25, 0.3) is 16.8 Å². The molecule has 0 aliphatic rings. The standard InChI is InChI=1S/C23H18ClN3O2/c1-15-22(23(29)27-14-19(24)11-12-20(27)25-15)26-21(28)13-16-7-9-18(10-8-16)17-5-3-2-4-6-17/h2-12,14H,13H2,1H3,(H,26,28). The Kier molecular flexibility index (Phi) is 5.14. The number of aryl methyl sites for hydroxylation is 1. The highest BCUT2D eigenvalue weighted by Gasteiger charge is 2.13. The summed E-state index contributed by atoms with van der Waals surface area (Å²) in [5.74, 6) is -0.276. The highest BCUT2D eigenvalue weighted by Crippen LogP contribution is 2.19. The van der Waals surface area contributed by atoms with Gasteiger partial charge in [0.15, 0.2) is 0 Å². The summed E-state index contributed by atoms with van der Waals surface area (Å²) in [5, 5.41) is 3.12. The molecule has 0 saturated carbocycles. The molecular formula is C23H18ClN3O2. The normalized spacial score (nSPS) is 10.8. The minimum atomic E-state index is -0.359. The molecule has 2 aromatic heterocycles. The van der Waals surface area contributed by atoms with Crippen molar-refractivity contribution >= 4 is 28.8 Å². The van der Waals surface area contributed by atoms with Crippen LogP contribution >= 0.6 is 11.6 Å². The van der Waals surface area contributed by atoms with Crippen LogP contribution in [0.2, 0.25) is 5.02 Å². The number of nitrogens with one attached hydrogen (secondary N) is 1. The van der Waals surface area contributed by atoms with Crippen molar-refractivity contribution in [3.8, 4) is 11.1 Å². The minimum absolute atomic E-state index is 0.159. The maximum absolute atomic E-state index is 12.7. The second-order valence-corrected chi connectivity index (χ2v) is 7.18. The number of pyridine rings is 1. The van der Waals surface area contributed by atoms with Crippen LogP contribution in [0, 0.1) is 6.92 Å². The van der Waals surface area contributed by atoms with Crippen molar-refractivity contribution in [1.82, 2.24) is 9.38 Å². The van der Waals surface area contributed by atoms with Crippen molar-refractivity contribution in [2.24, 2.45) is 0 Å². The zero-order valence-electron chi connectivity index (χ0n) is 15.7. The van der Waals surface area contributed by atoms with Crippen molar-refractivity contribution < 1.29 is 4.79 Å². The number of fused-ring (bicyclic) bond motifs is 1. The number of hydrogen-bond donors (Lipinski definition) is 1. The zero-order valence-corrected chi connectivity index (χ0v) is 16.5. The van der Waals surface area contributed by atoms with Crippen molar-refractivity contribution in [1.29, 1.82) is 0 Å². The van der Waals surface area contributed by atoms with E-state index >= 15 is 0 Å². The molecule has 4 rings (SSSR count). The molecular weight excluding hydrogens is 386 g/mol. The Labute approximate surface area is 172 Å². The molecule has 1 amide bonds. The summed E-state index contributed by atoms with van der Waals surface area (Å²) in [6.45, 7) is 1.69. The highest BCUT2D eigenvalue weighted by atomic mass is 35.5. The van der Waals surface area contributed by atoms with E-state index in [2.05, 4.69) is 10.3 Å². The molecule has 0 atom stereocenters. The van der Waals surface area contributed by atoms with Crippen molar-refractivity contribution in [2.75, 3.05) is 5.32 Å². The van der Waals surface area contributed by atoms with E-state index in [9.17, 15) is 9.59 Å². The molecule has 6 heteroatoms. The summed E-state index contributed by atoms with van der Waals surface area (Å²) in [7, 11) is 0. The van der Waals surface area contributed by atoms with Gasteiger partial charge in [-0.15, -0.1) is 0 Å². The Bertz CT molecular complexity index is 1250. The molecule has 0 aliphatic heterocycles. The number of carbonyl (C=O) groups is 1. The lowest BCUT2D eigenvalue weighted by atomic mass is 10.0. The number of hydrogen-bond acceptors (Lipinski definition) is 3. The summed E-state index contributed by atoms with van der Waals surface area (Å²) in [6.07, 6.45) is 1.65. The third kappa shape index (κ3) is 4.05. The highest BCUT2D eigenvalue weighted by molar-refractivity contribution is 6.30. The molecule has 0 aliphatic carbocycles. The molecule has 29 heavy (non-hydrogen) atoms. The van der Waals surface area contributed by atoms with Crippen LogP contribution in [0.1, 0.15) is 11.3 Å². The van der Waals surface area contributed by atoms with Crippen LogP contribution in [0.3, 0.4) is 0 Å². The van der Waals surface area contributed by atoms with Gasteiger partial charge in [-0.2, -0.15) is 0 Å². The summed E-state index contributed by atoms with van der Waals surface area (Å²) in [5.41, 5.74) is 3.80. The van der Waals surface area contributed by atoms with E-state index in [1.54, 1.807) is 19.1 Å². The number of anilines is 1. The van der Waals surface area contributed by atoms with Crippen molar-refractivity contribution in [3.05, 3.63) is 99.6 Å². The Morgan fingerprint density at radius 1 is 1.00 bits per heavy atom. The van der Waals surface area contributed by atoms with E-state index < -0.39 is 0 Å². The molecule has 0 radical (unpaired) electrons. The van der Waals surface area contributed by atoms with Gasteiger partial charge in [-0.1, -0.05) is 66.2 Å². The molecule has 0 saturated heterocycles. The Morgan fingerprint density at radius 2 is 1.69 bits per heavy atom. The van der Waals surface area contributed by atoms with Gasteiger partial charge >= 0.3 is 0 Å². The van der Waals surface area contributed by atoms with Crippen LogP contribution < -0.4 is 10.9 Å². The van der Waals surface area contributed by atoms with Gasteiger partial charge in [0.05, 0.1) is 17.1 Å². The summed E-state index contributed by atoms with van der Waals surface area (Å²) in [4.78, 5) is 29.6. The Morgan fingerprint density at radius 3 is 2.41 bits per heavy atom. The van der Waals surface area contributed by atoms with E-state index in [1.165, 1.54) is 10.6 Å². The molecule has 5 nitrogen and oxygen atoms in total. The number of nitrogens with zero attached hydrogens (tertiary/aromatic N) is 2. The maximum atomic E-state index is 12.7. The van der Waals surface area contributed by atoms with Gasteiger partial charge in [-0.3, -0.25) is 14.0 Å². The lowest BCUT2D eigenvalue weighted by molar-refractivity contribution is -0.115. The van der Waals surface area contributed by atoms with Crippen LogP contribution in [0.5, 0.6) is 0 Å². The van der Waals surface area contributed by atoms with Gasteiger partial charge in [0.2, 0.25) is 5.91 Å². The van der Waals surface area contributed by atoms with Crippen LogP contribution in [0.4, 0.5) is 5.69 Å². The lowest BCUT2D eigenvalue weighted by Crippen LogP contribution is -2.25. The minimum Gasteiger partial charge on any atom is -0.320 e. The van der Waals surface area contributed by atoms with E-state index in [0.717, 1.165) is 16.7 Å². The van der Waals surface area contributed by atoms with E-state index in [4.69, 9.17) is 11.6 Å². The molecule has 0 fully saturated rings. The zero-order chi connectivity index (χ0) is 20.4. The summed E-state index contributed by atoms with van der Waals surface area (Å²) >= 11 is 5.98. The first-order chi connectivity index (χ1) is 14.0. The molecule has 1 N–H and O–H groups in total. The van der Waals surface area contributed by atoms with Gasteiger partial charge in [-0.05, 0) is 35.7 Å². The van der Waals surface area contributed by atoms with E-state index in [0.29, 0.717) is 16.4 Å². The van der Waals surface area contributed by atoms with Crippen LogP contribution in [-0.2, 0) is 11.2 Å². The first-order valence-corrected chi connectivity index (χ1v) is 9.52. The van der Waals surface area contributed by atoms with Gasteiger partial charge in [0, 0.05) is 6.20 Å². The van der Waals surface area contributed by atoms with E-state index in [1.807, 2.05) is 54.6 Å². The monoisotopic (exact) mass is 403 g/mol. The fourth-order valence-corrected chi connectivity index (χ4v) is 3.34. The van der Waals surface area contributed by atoms with Crippen LogP contribution in [0.15, 0.2) is 77.7 Å². The molecule has 2 heterocycles. The number of amides is 1. The van der Waals surface area contributed by atoms with Crippen molar-refractivity contribution in [2.45, 2.75) is 13.3 Å². The largest absolute Gasteiger partial charge is 0.320 e. The lowest BCUT2D eigenvalue weighted by Gasteiger charge is -2.10. The molecule has 0 bridgehead atoms. The topological polar surface area (TPSA) is 63.5 Å². The number of carbonyl (C=O) groups excluding carboxylic acids is 1. The van der Waals surface area contributed by atoms with Gasteiger partial charge in [0.1, 0.15) is 11.3 Å². The maximum Gasteiger partial charge on any atom is 0.281 e. The third-order valence-electron chi connectivity index (χ3n) is 4.66. The summed E-state index contributed by atoms with van der Waals surface area (Å²) in [6, 6.07) is 21.2.